The van der Waals surface area contributed by atoms with Crippen LogP contribution in [-0.2, 0) is 70.3 Å². The zero-order chi connectivity index (χ0) is 53.0. The number of aromatic amines is 1. The highest BCUT2D eigenvalue weighted by atomic mass is 31.3. The number of nitrogens with two attached hydrogens (primary N) is 1. The van der Waals surface area contributed by atoms with Crippen molar-refractivity contribution in [2.24, 2.45) is 5.73 Å². The molecule has 13 unspecified atom stereocenters. The van der Waals surface area contributed by atoms with Crippen LogP contribution in [-0.4, -0.2) is 189 Å². The Hall–Kier alpha value is -5.09. The third-order valence-corrected chi connectivity index (χ3v) is 12.8. The lowest BCUT2D eigenvalue weighted by Gasteiger charge is -2.44. The highest BCUT2D eigenvalue weighted by Gasteiger charge is 2.52. The maximum absolute atomic E-state index is 13.2. The summed E-state index contributed by atoms with van der Waals surface area (Å²) in [4.78, 5) is 132. The summed E-state index contributed by atoms with van der Waals surface area (Å²) in [7, 11) is -11.7. The van der Waals surface area contributed by atoms with Gasteiger partial charge in [-0.15, -0.1) is 0 Å². The number of hydrogen-bond acceptors (Lipinski definition) is 22. The van der Waals surface area contributed by atoms with Gasteiger partial charge in [0.1, 0.15) is 72.9 Å². The predicted octanol–water partition coefficient (Wildman–Crippen LogP) is -6.23. The number of aromatic nitrogens is 2. The Morgan fingerprint density at radius 2 is 1.47 bits per heavy atom. The molecule has 3 heterocycles. The standard InChI is InChI=1S/C35H55N7O26P2/c1-13(28(50)40-18(33(56)57)7-8-21(45)39-17(32(54)55)6-4-5-16(36)31(52)53)37-29(51)14(2)64-27-23(38-15(3)44)34(66-19(11-43)25(27)48)67-70(61,62)68-69(59,60)63-12-20-24(47)26(49)30(65-20)42-10-9-22(46)41-35(42)58/h9-10,13-14,16-20,23-27,30,34,43,47-49H,4-8,11-12,36H2,1-3H3,(H,37,51)(H,38,44)(H,39,45)(H,40,50)(H,52,53)(H,54,55)(H,56,57)(H,59,60)(H,61,62)(H,41,46,58)/t13?,14?,16?,17?,18?,19?,20-,23?,24?,25?,26+,27?,30-,34?/m1/s1. The summed E-state index contributed by atoms with van der Waals surface area (Å²) in [6, 6.07) is -7.11. The number of rotatable bonds is 27. The van der Waals surface area contributed by atoms with Crippen molar-refractivity contribution < 1.29 is 116 Å². The van der Waals surface area contributed by atoms with Crippen molar-refractivity contribution in [3.63, 3.8) is 0 Å². The SMILES string of the molecule is CC(=O)NC1C(OP(=O)(O)OP(=O)(O)OC[C@H]2O[C@@H](n3ccc(=O)[nH]c3=O)[C@@H](O)C2O)OC(CO)C(O)C1OC(C)C(=O)NC(C)C(=O)NC(CCC(=O)NC(CCCC(N)C(=O)O)C(=O)O)C(=O)O. The van der Waals surface area contributed by atoms with Gasteiger partial charge in [0.25, 0.3) is 5.56 Å². The Labute approximate surface area is 393 Å². The molecule has 0 aliphatic carbocycles. The van der Waals surface area contributed by atoms with Gasteiger partial charge >= 0.3 is 39.2 Å². The number of amides is 4. The molecule has 1 aromatic heterocycles. The van der Waals surface area contributed by atoms with E-state index >= 15 is 0 Å². The van der Waals surface area contributed by atoms with Crippen molar-refractivity contribution in [1.29, 1.82) is 0 Å². The molecule has 35 heteroatoms. The van der Waals surface area contributed by atoms with E-state index in [1.807, 2.05) is 4.98 Å². The van der Waals surface area contributed by atoms with E-state index in [0.29, 0.717) is 4.57 Å². The molecule has 33 nitrogen and oxygen atoms in total. The van der Waals surface area contributed by atoms with Crippen LogP contribution in [0.15, 0.2) is 21.9 Å². The minimum absolute atomic E-state index is 0.00343. The number of nitrogens with one attached hydrogen (secondary N) is 5. The van der Waals surface area contributed by atoms with Crippen LogP contribution in [0.25, 0.3) is 0 Å². The summed E-state index contributed by atoms with van der Waals surface area (Å²) in [6.45, 7) is 0.794. The lowest BCUT2D eigenvalue weighted by molar-refractivity contribution is -0.261. The van der Waals surface area contributed by atoms with Crippen molar-refractivity contribution in [2.75, 3.05) is 13.2 Å². The van der Waals surface area contributed by atoms with Crippen LogP contribution in [0.4, 0.5) is 0 Å². The Morgan fingerprint density at radius 1 is 0.843 bits per heavy atom. The second-order valence-electron chi connectivity index (χ2n) is 15.7. The van der Waals surface area contributed by atoms with E-state index in [1.54, 1.807) is 0 Å². The number of hydrogen-bond donors (Lipinski definition) is 15. The fourth-order valence-electron chi connectivity index (χ4n) is 6.62. The molecular formula is C35H55N7O26P2. The minimum Gasteiger partial charge on any atom is -0.480 e. The summed E-state index contributed by atoms with van der Waals surface area (Å²) in [5, 5.41) is 78.4. The third kappa shape index (κ3) is 17.3. The normalized spacial score (nSPS) is 27.3. The molecule has 4 amide bonds. The van der Waals surface area contributed by atoms with E-state index in [4.69, 9.17) is 29.6 Å². The fraction of sp³-hybridized carbons (Fsp3) is 0.686. The van der Waals surface area contributed by atoms with Crippen LogP contribution in [0.2, 0.25) is 0 Å². The summed E-state index contributed by atoms with van der Waals surface area (Å²) in [5.74, 6) is -8.57. The highest BCUT2D eigenvalue weighted by molar-refractivity contribution is 7.61. The number of ether oxygens (including phenoxy) is 3. The maximum atomic E-state index is 13.2. The zero-order valence-corrected chi connectivity index (χ0v) is 38.9. The zero-order valence-electron chi connectivity index (χ0n) is 37.1. The van der Waals surface area contributed by atoms with Gasteiger partial charge < -0.3 is 86.7 Å². The van der Waals surface area contributed by atoms with Crippen molar-refractivity contribution in [2.45, 2.75) is 138 Å². The third-order valence-electron chi connectivity index (χ3n) is 10.2. The van der Waals surface area contributed by atoms with Gasteiger partial charge in [0, 0.05) is 25.6 Å². The molecule has 16 atom stereocenters. The average Bonchev–Trinajstić information content (AvgIpc) is 3.53. The van der Waals surface area contributed by atoms with Crippen LogP contribution >= 0.6 is 15.6 Å². The van der Waals surface area contributed by atoms with Crippen LogP contribution < -0.4 is 38.2 Å². The second kappa shape index (κ2) is 25.9. The topological polar surface area (TPSA) is 520 Å². The first-order chi connectivity index (χ1) is 32.5. The monoisotopic (exact) mass is 1050 g/mol. The molecule has 2 saturated heterocycles. The highest BCUT2D eigenvalue weighted by Crippen LogP contribution is 2.61. The van der Waals surface area contributed by atoms with Gasteiger partial charge in [-0.05, 0) is 39.5 Å². The molecule has 70 heavy (non-hydrogen) atoms. The molecule has 0 aromatic carbocycles. The summed E-state index contributed by atoms with van der Waals surface area (Å²) in [5.41, 5.74) is 3.51. The van der Waals surface area contributed by atoms with Gasteiger partial charge in [-0.1, -0.05) is 0 Å². The number of aliphatic hydroxyl groups excluding tert-OH is 4. The largest absolute Gasteiger partial charge is 0.483 e. The first kappa shape index (κ1) is 59.2. The Balaban J connectivity index is 1.64. The molecule has 2 fully saturated rings. The minimum atomic E-state index is -5.94. The van der Waals surface area contributed by atoms with Crippen molar-refractivity contribution >= 4 is 57.2 Å². The first-order valence-electron chi connectivity index (χ1n) is 20.7. The van der Waals surface area contributed by atoms with Crippen molar-refractivity contribution in [3.05, 3.63) is 33.1 Å². The summed E-state index contributed by atoms with van der Waals surface area (Å²) < 4.78 is 56.8. The summed E-state index contributed by atoms with van der Waals surface area (Å²) in [6.07, 6.45) is -17.6. The number of carboxylic acid groups (broad SMARTS) is 3. The van der Waals surface area contributed by atoms with E-state index < -0.39 is 180 Å². The van der Waals surface area contributed by atoms with Crippen LogP contribution in [0.3, 0.4) is 0 Å². The molecule has 0 radical (unpaired) electrons. The van der Waals surface area contributed by atoms with Gasteiger partial charge in [0.2, 0.25) is 23.6 Å². The van der Waals surface area contributed by atoms with Gasteiger partial charge in [-0.25, -0.2) is 23.5 Å². The number of aliphatic carboxylic acids is 3. The van der Waals surface area contributed by atoms with E-state index in [1.165, 1.54) is 0 Å². The molecule has 2 aliphatic rings. The van der Waals surface area contributed by atoms with E-state index in [9.17, 15) is 92.7 Å². The number of phosphoric ester groups is 2. The average molecular weight is 1050 g/mol. The lowest BCUT2D eigenvalue weighted by atomic mass is 9.96. The molecule has 396 valence electrons. The maximum Gasteiger partial charge on any atom is 0.483 e. The first-order valence-corrected chi connectivity index (χ1v) is 23.7. The van der Waals surface area contributed by atoms with Crippen LogP contribution in [0.1, 0.15) is 59.1 Å². The number of carbonyl (C=O) groups is 7. The van der Waals surface area contributed by atoms with Gasteiger partial charge in [0.05, 0.1) is 13.2 Å². The molecule has 0 saturated carbocycles. The van der Waals surface area contributed by atoms with Gasteiger partial charge in [-0.3, -0.25) is 47.4 Å². The Bertz CT molecular complexity index is 2270. The molecular weight excluding hydrogens is 996 g/mol. The number of phosphoric acid groups is 2. The number of carbonyl (C=O) groups excluding carboxylic acids is 4. The second-order valence-corrected chi connectivity index (χ2v) is 18.7. The number of H-pyrrole nitrogens is 1. The molecule has 3 rings (SSSR count). The van der Waals surface area contributed by atoms with E-state index in [0.717, 1.165) is 33.0 Å². The van der Waals surface area contributed by atoms with E-state index in [-0.39, 0.29) is 19.3 Å². The van der Waals surface area contributed by atoms with Gasteiger partial charge in [0.15, 0.2) is 12.5 Å². The quantitative estimate of drug-likeness (QED) is 0.0365. The summed E-state index contributed by atoms with van der Waals surface area (Å²) >= 11 is 0. The Kier molecular flexibility index (Phi) is 21.9. The Morgan fingerprint density at radius 3 is 2.04 bits per heavy atom. The predicted molar refractivity (Wildman–Crippen MR) is 224 cm³/mol. The fourth-order valence-corrected chi connectivity index (χ4v) is 8.78. The van der Waals surface area contributed by atoms with Gasteiger partial charge in [-0.2, -0.15) is 4.31 Å². The van der Waals surface area contributed by atoms with Crippen molar-refractivity contribution in [3.8, 4) is 0 Å². The van der Waals surface area contributed by atoms with Crippen molar-refractivity contribution in [1.82, 2.24) is 30.8 Å². The molecule has 1 aromatic rings. The van der Waals surface area contributed by atoms with E-state index in [2.05, 4.69) is 30.1 Å². The number of carboxylic acids is 3. The number of aliphatic hydroxyl groups is 4. The molecule has 0 bridgehead atoms. The smallest absolute Gasteiger partial charge is 0.480 e. The van der Waals surface area contributed by atoms with Crippen LogP contribution in [0, 0.1) is 0 Å². The van der Waals surface area contributed by atoms with Crippen LogP contribution in [0.5, 0.6) is 0 Å². The number of nitrogens with zero attached hydrogens (tertiary/aromatic N) is 1. The molecule has 0 spiro atoms. The molecule has 2 aliphatic heterocycles. The lowest BCUT2D eigenvalue weighted by Crippen LogP contribution is -2.66. The molecule has 16 N–H and O–H groups in total.